The molecule has 1 heterocycles. The van der Waals surface area contributed by atoms with Gasteiger partial charge in [-0.3, -0.25) is 0 Å². The van der Waals surface area contributed by atoms with E-state index in [1.165, 1.54) is 0 Å². The summed E-state index contributed by atoms with van der Waals surface area (Å²) in [6, 6.07) is 5.57. The van der Waals surface area contributed by atoms with Crippen LogP contribution in [0.25, 0.3) is 11.3 Å². The first-order chi connectivity index (χ1) is 7.88. The lowest BCUT2D eigenvalue weighted by Crippen LogP contribution is -2.13. The Morgan fingerprint density at radius 2 is 2.00 bits per heavy atom. The average molecular weight is 250 g/mol. The zero-order chi connectivity index (χ0) is 12.6. The fourth-order valence-corrected chi connectivity index (χ4v) is 1.68. The molecule has 0 unspecified atom stereocenters. The summed E-state index contributed by atoms with van der Waals surface area (Å²) in [6.07, 6.45) is 1.82. The van der Waals surface area contributed by atoms with Crippen LogP contribution in [0.15, 0.2) is 24.4 Å². The summed E-state index contributed by atoms with van der Waals surface area (Å²) in [7, 11) is 0. The van der Waals surface area contributed by atoms with Gasteiger partial charge < -0.3 is 10.7 Å². The van der Waals surface area contributed by atoms with Gasteiger partial charge in [0.05, 0.1) is 22.6 Å². The smallest absolute Gasteiger partial charge is 0.111 e. The molecular formula is C13H16ClN3. The number of nitrogens with two attached hydrogens (primary N) is 1. The number of nitrogen functional groups attached to an aromatic ring is 1. The molecule has 0 spiro atoms. The number of benzene rings is 1. The second-order valence-corrected chi connectivity index (χ2v) is 5.54. The number of halogens is 1. The number of imidazole rings is 1. The molecule has 0 aliphatic rings. The lowest BCUT2D eigenvalue weighted by Gasteiger charge is -2.14. The number of aromatic amines is 1. The van der Waals surface area contributed by atoms with Crippen LogP contribution in [0.1, 0.15) is 26.6 Å². The summed E-state index contributed by atoms with van der Waals surface area (Å²) < 4.78 is 0. The van der Waals surface area contributed by atoms with Crippen LogP contribution >= 0.6 is 11.6 Å². The second kappa shape index (κ2) is 4.08. The molecule has 0 saturated heterocycles. The molecule has 1 aromatic heterocycles. The Hall–Kier alpha value is -1.48. The van der Waals surface area contributed by atoms with Crippen LogP contribution < -0.4 is 5.73 Å². The third kappa shape index (κ3) is 2.44. The van der Waals surface area contributed by atoms with Crippen molar-refractivity contribution in [2.24, 2.45) is 0 Å². The molecule has 2 rings (SSSR count). The molecule has 0 fully saturated rings. The zero-order valence-corrected chi connectivity index (χ0v) is 11.0. The Morgan fingerprint density at radius 3 is 2.53 bits per heavy atom. The van der Waals surface area contributed by atoms with E-state index in [2.05, 4.69) is 30.7 Å². The minimum atomic E-state index is 0.0101. The van der Waals surface area contributed by atoms with Crippen molar-refractivity contribution in [1.82, 2.24) is 9.97 Å². The molecule has 3 nitrogen and oxygen atoms in total. The quantitative estimate of drug-likeness (QED) is 0.759. The van der Waals surface area contributed by atoms with Crippen LogP contribution in [0.4, 0.5) is 5.69 Å². The maximum Gasteiger partial charge on any atom is 0.111 e. The SMILES string of the molecule is CC(C)(C)c1ncc(-c2ccc(Cl)c(N)c2)[nH]1. The summed E-state index contributed by atoms with van der Waals surface area (Å²) in [5.41, 5.74) is 8.33. The number of hydrogen-bond donors (Lipinski definition) is 2. The Labute approximate surface area is 106 Å². The van der Waals surface area contributed by atoms with Crippen LogP contribution in [0, 0.1) is 0 Å². The van der Waals surface area contributed by atoms with E-state index in [0.717, 1.165) is 17.1 Å². The van der Waals surface area contributed by atoms with Crippen molar-refractivity contribution < 1.29 is 0 Å². The van der Waals surface area contributed by atoms with Crippen molar-refractivity contribution in [1.29, 1.82) is 0 Å². The predicted octanol–water partition coefficient (Wildman–Crippen LogP) is 3.61. The third-order valence-corrected chi connectivity index (χ3v) is 2.94. The first-order valence-corrected chi connectivity index (χ1v) is 5.86. The molecule has 17 heavy (non-hydrogen) atoms. The molecule has 0 bridgehead atoms. The van der Waals surface area contributed by atoms with Crippen LogP contribution in [-0.2, 0) is 5.41 Å². The highest BCUT2D eigenvalue weighted by molar-refractivity contribution is 6.33. The lowest BCUT2D eigenvalue weighted by atomic mass is 9.96. The van der Waals surface area contributed by atoms with Gasteiger partial charge >= 0.3 is 0 Å². The van der Waals surface area contributed by atoms with E-state index in [-0.39, 0.29) is 5.41 Å². The fourth-order valence-electron chi connectivity index (χ4n) is 1.56. The van der Waals surface area contributed by atoms with Crippen molar-refractivity contribution in [2.45, 2.75) is 26.2 Å². The van der Waals surface area contributed by atoms with Crippen LogP contribution in [0.5, 0.6) is 0 Å². The molecule has 0 atom stereocenters. The number of nitrogens with zero attached hydrogens (tertiary/aromatic N) is 1. The summed E-state index contributed by atoms with van der Waals surface area (Å²) in [5.74, 6) is 0.959. The topological polar surface area (TPSA) is 54.7 Å². The van der Waals surface area contributed by atoms with E-state index < -0.39 is 0 Å². The zero-order valence-electron chi connectivity index (χ0n) is 10.2. The molecule has 0 amide bonds. The highest BCUT2D eigenvalue weighted by atomic mass is 35.5. The second-order valence-electron chi connectivity index (χ2n) is 5.13. The van der Waals surface area contributed by atoms with Gasteiger partial charge in [-0.05, 0) is 12.1 Å². The normalized spacial score (nSPS) is 11.8. The number of nitrogens with one attached hydrogen (secondary N) is 1. The van der Waals surface area contributed by atoms with Crippen LogP contribution in [0.2, 0.25) is 5.02 Å². The van der Waals surface area contributed by atoms with E-state index in [0.29, 0.717) is 10.7 Å². The summed E-state index contributed by atoms with van der Waals surface area (Å²) >= 11 is 5.90. The van der Waals surface area contributed by atoms with Crippen molar-refractivity contribution in [3.63, 3.8) is 0 Å². The van der Waals surface area contributed by atoms with E-state index in [4.69, 9.17) is 17.3 Å². The van der Waals surface area contributed by atoms with Gasteiger partial charge in [-0.25, -0.2) is 4.98 Å². The predicted molar refractivity (Wildman–Crippen MR) is 72.1 cm³/mol. The van der Waals surface area contributed by atoms with E-state index in [1.807, 2.05) is 18.3 Å². The van der Waals surface area contributed by atoms with Crippen LogP contribution in [0.3, 0.4) is 0 Å². The first kappa shape index (κ1) is 12.0. The maximum atomic E-state index is 5.90. The monoisotopic (exact) mass is 249 g/mol. The summed E-state index contributed by atoms with van der Waals surface area (Å²) in [5, 5.41) is 0.573. The average Bonchev–Trinajstić information content (AvgIpc) is 2.70. The third-order valence-electron chi connectivity index (χ3n) is 2.59. The lowest BCUT2D eigenvalue weighted by molar-refractivity contribution is 0.553. The molecule has 0 saturated carbocycles. The van der Waals surface area contributed by atoms with Gasteiger partial charge in [0.15, 0.2) is 0 Å². The Balaban J connectivity index is 2.40. The van der Waals surface area contributed by atoms with Crippen molar-refractivity contribution in [3.05, 3.63) is 35.2 Å². The number of rotatable bonds is 1. The number of anilines is 1. The Morgan fingerprint density at radius 1 is 1.29 bits per heavy atom. The summed E-state index contributed by atoms with van der Waals surface area (Å²) in [6.45, 7) is 6.35. The van der Waals surface area contributed by atoms with Gasteiger partial charge in [0, 0.05) is 11.0 Å². The van der Waals surface area contributed by atoms with Gasteiger partial charge in [-0.15, -0.1) is 0 Å². The van der Waals surface area contributed by atoms with Gasteiger partial charge in [-0.1, -0.05) is 38.4 Å². The van der Waals surface area contributed by atoms with Crippen molar-refractivity contribution in [2.75, 3.05) is 5.73 Å². The number of H-pyrrole nitrogens is 1. The molecule has 1 aromatic carbocycles. The number of hydrogen-bond acceptors (Lipinski definition) is 2. The molecule has 0 aliphatic carbocycles. The van der Waals surface area contributed by atoms with E-state index in [9.17, 15) is 0 Å². The molecule has 0 radical (unpaired) electrons. The minimum absolute atomic E-state index is 0.0101. The fraction of sp³-hybridized carbons (Fsp3) is 0.308. The van der Waals surface area contributed by atoms with Gasteiger partial charge in [0.2, 0.25) is 0 Å². The Bertz CT molecular complexity index is 538. The highest BCUT2D eigenvalue weighted by Crippen LogP contribution is 2.27. The van der Waals surface area contributed by atoms with E-state index >= 15 is 0 Å². The van der Waals surface area contributed by atoms with Crippen LogP contribution in [-0.4, -0.2) is 9.97 Å². The van der Waals surface area contributed by atoms with E-state index in [1.54, 1.807) is 6.07 Å². The summed E-state index contributed by atoms with van der Waals surface area (Å²) in [4.78, 5) is 7.69. The van der Waals surface area contributed by atoms with Crippen molar-refractivity contribution >= 4 is 17.3 Å². The molecule has 4 heteroatoms. The van der Waals surface area contributed by atoms with Gasteiger partial charge in [-0.2, -0.15) is 0 Å². The first-order valence-electron chi connectivity index (χ1n) is 5.49. The maximum absolute atomic E-state index is 5.90. The van der Waals surface area contributed by atoms with Gasteiger partial charge in [0.1, 0.15) is 5.82 Å². The van der Waals surface area contributed by atoms with Crippen molar-refractivity contribution in [3.8, 4) is 11.3 Å². The standard InChI is InChI=1S/C13H16ClN3/c1-13(2,3)12-16-7-11(17-12)8-4-5-9(14)10(15)6-8/h4-7H,15H2,1-3H3,(H,16,17). The molecule has 90 valence electrons. The molecule has 0 aliphatic heterocycles. The van der Waals surface area contributed by atoms with Gasteiger partial charge in [0.25, 0.3) is 0 Å². The largest absolute Gasteiger partial charge is 0.398 e. The minimum Gasteiger partial charge on any atom is -0.398 e. The Kier molecular flexibility index (Phi) is 2.87. The molecule has 3 N–H and O–H groups in total. The number of aromatic nitrogens is 2. The highest BCUT2D eigenvalue weighted by Gasteiger charge is 2.17. The molecular weight excluding hydrogens is 234 g/mol. The molecule has 2 aromatic rings.